The van der Waals surface area contributed by atoms with Gasteiger partial charge in [-0.25, -0.2) is 9.98 Å². The summed E-state index contributed by atoms with van der Waals surface area (Å²) in [5.41, 5.74) is 5.56. The van der Waals surface area contributed by atoms with Crippen molar-refractivity contribution in [2.75, 3.05) is 5.32 Å². The van der Waals surface area contributed by atoms with Crippen molar-refractivity contribution in [2.24, 2.45) is 15.7 Å². The highest BCUT2D eigenvalue weighted by Gasteiger charge is 2.11. The quantitative estimate of drug-likeness (QED) is 0.630. The maximum atomic E-state index is 5.56. The number of hydrogen-bond donors (Lipinski definition) is 3. The minimum atomic E-state index is -0.176. The molecule has 0 spiro atoms. The summed E-state index contributed by atoms with van der Waals surface area (Å²) in [6, 6.07) is 3.69. The molecule has 1 atom stereocenters. The standard InChI is InChI=1S/C9H13N5O/c1-5-3-4-7(15-5)13-9-12-6(2)11-8(10)14-9/h3-4,6H,1-2H3,(H4,10,11,12,13,14). The van der Waals surface area contributed by atoms with Gasteiger partial charge in [-0.1, -0.05) is 0 Å². The molecule has 6 nitrogen and oxygen atoms in total. The number of anilines is 1. The summed E-state index contributed by atoms with van der Waals surface area (Å²) in [5.74, 6) is 2.36. The molecule has 15 heavy (non-hydrogen) atoms. The first-order valence-electron chi connectivity index (χ1n) is 4.65. The monoisotopic (exact) mass is 207 g/mol. The first-order chi connectivity index (χ1) is 7.13. The largest absolute Gasteiger partial charge is 0.446 e. The number of hydrogen-bond acceptors (Lipinski definition) is 6. The SMILES string of the molecule is Cc1ccc(NC2=NC(C)N=C(N)N2)o1. The van der Waals surface area contributed by atoms with E-state index in [0.29, 0.717) is 17.8 Å². The lowest BCUT2D eigenvalue weighted by molar-refractivity contribution is 0.551. The Bertz CT molecular complexity index is 420. The van der Waals surface area contributed by atoms with Crippen molar-refractivity contribution in [1.29, 1.82) is 0 Å². The molecular weight excluding hydrogens is 194 g/mol. The molecule has 1 aromatic rings. The summed E-state index contributed by atoms with van der Waals surface area (Å²) in [6.45, 7) is 3.72. The highest BCUT2D eigenvalue weighted by atomic mass is 16.4. The van der Waals surface area contributed by atoms with Crippen molar-refractivity contribution < 1.29 is 4.42 Å². The van der Waals surface area contributed by atoms with E-state index in [1.165, 1.54) is 0 Å². The van der Waals surface area contributed by atoms with Gasteiger partial charge in [-0.3, -0.25) is 10.6 Å². The molecule has 1 aromatic heterocycles. The van der Waals surface area contributed by atoms with Crippen molar-refractivity contribution in [1.82, 2.24) is 5.32 Å². The molecule has 1 unspecified atom stereocenters. The maximum Gasteiger partial charge on any atom is 0.207 e. The summed E-state index contributed by atoms with van der Waals surface area (Å²) in [4.78, 5) is 8.21. The summed E-state index contributed by atoms with van der Waals surface area (Å²) >= 11 is 0. The number of furan rings is 1. The number of aryl methyl sites for hydroxylation is 1. The van der Waals surface area contributed by atoms with E-state index < -0.39 is 0 Å². The van der Waals surface area contributed by atoms with Gasteiger partial charge < -0.3 is 10.2 Å². The van der Waals surface area contributed by atoms with Gasteiger partial charge in [-0.2, -0.15) is 0 Å². The van der Waals surface area contributed by atoms with E-state index in [-0.39, 0.29) is 6.17 Å². The molecule has 4 N–H and O–H groups in total. The molecule has 1 aliphatic rings. The van der Waals surface area contributed by atoms with E-state index in [0.717, 1.165) is 5.76 Å². The molecule has 0 saturated heterocycles. The Morgan fingerprint density at radius 3 is 2.87 bits per heavy atom. The van der Waals surface area contributed by atoms with Crippen molar-refractivity contribution in [3.05, 3.63) is 17.9 Å². The third-order valence-corrected chi connectivity index (χ3v) is 1.87. The van der Waals surface area contributed by atoms with E-state index in [2.05, 4.69) is 20.6 Å². The van der Waals surface area contributed by atoms with Crippen LogP contribution >= 0.6 is 0 Å². The fourth-order valence-corrected chi connectivity index (χ4v) is 1.28. The summed E-state index contributed by atoms with van der Waals surface area (Å²) in [5, 5.41) is 5.79. The van der Waals surface area contributed by atoms with E-state index in [9.17, 15) is 0 Å². The summed E-state index contributed by atoms with van der Waals surface area (Å²) < 4.78 is 5.34. The average molecular weight is 207 g/mol. The number of rotatable bonds is 1. The molecule has 6 heteroatoms. The number of guanidine groups is 2. The van der Waals surface area contributed by atoms with Crippen LogP contribution in [0.5, 0.6) is 0 Å². The van der Waals surface area contributed by atoms with Crippen LogP contribution in [-0.4, -0.2) is 18.1 Å². The number of aliphatic imine (C=N–C) groups is 2. The zero-order chi connectivity index (χ0) is 10.8. The van der Waals surface area contributed by atoms with Crippen LogP contribution in [0.1, 0.15) is 12.7 Å². The van der Waals surface area contributed by atoms with E-state index >= 15 is 0 Å². The van der Waals surface area contributed by atoms with Crippen LogP contribution in [0.15, 0.2) is 26.5 Å². The van der Waals surface area contributed by atoms with Gasteiger partial charge in [-0.15, -0.1) is 0 Å². The molecule has 0 aromatic carbocycles. The smallest absolute Gasteiger partial charge is 0.207 e. The van der Waals surface area contributed by atoms with Gasteiger partial charge in [0.15, 0.2) is 11.8 Å². The minimum absolute atomic E-state index is 0.176. The van der Waals surface area contributed by atoms with Gasteiger partial charge in [0.05, 0.1) is 0 Å². The number of nitrogens with one attached hydrogen (secondary N) is 2. The Kier molecular flexibility index (Phi) is 2.32. The first-order valence-corrected chi connectivity index (χ1v) is 4.65. The zero-order valence-electron chi connectivity index (χ0n) is 8.61. The topological polar surface area (TPSA) is 87.9 Å². The van der Waals surface area contributed by atoms with Crippen LogP contribution in [0.25, 0.3) is 0 Å². The Morgan fingerprint density at radius 1 is 1.47 bits per heavy atom. The second kappa shape index (κ2) is 3.64. The first kappa shape index (κ1) is 9.57. The van der Waals surface area contributed by atoms with E-state index in [1.54, 1.807) is 0 Å². The van der Waals surface area contributed by atoms with Crippen molar-refractivity contribution >= 4 is 17.8 Å². The number of nitrogens with zero attached hydrogens (tertiary/aromatic N) is 2. The Balaban J connectivity index is 2.07. The Hall–Kier alpha value is -1.98. The Morgan fingerprint density at radius 2 is 2.27 bits per heavy atom. The van der Waals surface area contributed by atoms with Crippen LogP contribution in [0, 0.1) is 6.92 Å². The van der Waals surface area contributed by atoms with Crippen LogP contribution in [-0.2, 0) is 0 Å². The molecule has 0 fully saturated rings. The van der Waals surface area contributed by atoms with Gasteiger partial charge in [0.1, 0.15) is 11.9 Å². The predicted octanol–water partition coefficient (Wildman–Crippen LogP) is 0.620. The molecular formula is C9H13N5O. The van der Waals surface area contributed by atoms with Gasteiger partial charge in [0, 0.05) is 6.07 Å². The maximum absolute atomic E-state index is 5.56. The van der Waals surface area contributed by atoms with Gasteiger partial charge in [0.25, 0.3) is 0 Å². The van der Waals surface area contributed by atoms with E-state index in [4.69, 9.17) is 10.2 Å². The Labute approximate surface area is 87.3 Å². The lowest BCUT2D eigenvalue weighted by atomic mass is 10.5. The van der Waals surface area contributed by atoms with Crippen LogP contribution < -0.4 is 16.4 Å². The van der Waals surface area contributed by atoms with Gasteiger partial charge in [0.2, 0.25) is 5.96 Å². The minimum Gasteiger partial charge on any atom is -0.446 e. The lowest BCUT2D eigenvalue weighted by Crippen LogP contribution is -2.44. The molecule has 0 saturated carbocycles. The average Bonchev–Trinajstić information content (AvgIpc) is 2.49. The van der Waals surface area contributed by atoms with Gasteiger partial charge >= 0.3 is 0 Å². The number of nitrogens with two attached hydrogens (primary N) is 1. The highest BCUT2D eigenvalue weighted by molar-refractivity contribution is 6.05. The fraction of sp³-hybridized carbons (Fsp3) is 0.333. The molecule has 80 valence electrons. The molecule has 0 amide bonds. The van der Waals surface area contributed by atoms with Crippen LogP contribution in [0.3, 0.4) is 0 Å². The van der Waals surface area contributed by atoms with Crippen molar-refractivity contribution in [3.8, 4) is 0 Å². The predicted molar refractivity (Wildman–Crippen MR) is 58.7 cm³/mol. The third kappa shape index (κ3) is 2.28. The molecule has 1 aliphatic heterocycles. The van der Waals surface area contributed by atoms with Crippen LogP contribution in [0.4, 0.5) is 5.88 Å². The van der Waals surface area contributed by atoms with E-state index in [1.807, 2.05) is 26.0 Å². The van der Waals surface area contributed by atoms with Crippen molar-refractivity contribution in [3.63, 3.8) is 0 Å². The molecule has 0 radical (unpaired) electrons. The highest BCUT2D eigenvalue weighted by Crippen LogP contribution is 2.12. The lowest BCUT2D eigenvalue weighted by Gasteiger charge is -2.16. The third-order valence-electron chi connectivity index (χ3n) is 1.87. The second-order valence-corrected chi connectivity index (χ2v) is 3.28. The van der Waals surface area contributed by atoms with Gasteiger partial charge in [-0.05, 0) is 19.9 Å². The molecule has 2 rings (SSSR count). The molecule has 0 aliphatic carbocycles. The summed E-state index contributed by atoms with van der Waals surface area (Å²) in [6.07, 6.45) is -0.176. The summed E-state index contributed by atoms with van der Waals surface area (Å²) in [7, 11) is 0. The molecule has 2 heterocycles. The molecule has 0 bridgehead atoms. The second-order valence-electron chi connectivity index (χ2n) is 3.28. The zero-order valence-corrected chi connectivity index (χ0v) is 8.61. The van der Waals surface area contributed by atoms with Crippen LogP contribution in [0.2, 0.25) is 0 Å². The normalized spacial score (nSPS) is 20.3. The fourth-order valence-electron chi connectivity index (χ4n) is 1.28. The van der Waals surface area contributed by atoms with Crippen molar-refractivity contribution in [2.45, 2.75) is 20.0 Å².